The molecular formula is C29H37NO. The number of pyridine rings is 1. The van der Waals surface area contributed by atoms with Crippen molar-refractivity contribution in [1.82, 2.24) is 4.98 Å². The van der Waals surface area contributed by atoms with Crippen LogP contribution in [0.1, 0.15) is 69.1 Å². The number of hydrogen-bond acceptors (Lipinski definition) is 2. The van der Waals surface area contributed by atoms with Gasteiger partial charge in [0.15, 0.2) is 0 Å². The highest BCUT2D eigenvalue weighted by Crippen LogP contribution is 2.20. The van der Waals surface area contributed by atoms with Gasteiger partial charge in [0.25, 0.3) is 0 Å². The van der Waals surface area contributed by atoms with Crippen molar-refractivity contribution >= 4 is 0 Å². The summed E-state index contributed by atoms with van der Waals surface area (Å²) in [5, 5.41) is 0. The van der Waals surface area contributed by atoms with Crippen LogP contribution in [0.3, 0.4) is 0 Å². The molecule has 2 heteroatoms. The van der Waals surface area contributed by atoms with Crippen LogP contribution in [0, 0.1) is 0 Å². The van der Waals surface area contributed by atoms with Crippen LogP contribution in [0.25, 0.3) is 11.3 Å². The van der Waals surface area contributed by atoms with Gasteiger partial charge in [-0.1, -0.05) is 82.0 Å². The van der Waals surface area contributed by atoms with Gasteiger partial charge in [-0.05, 0) is 67.0 Å². The van der Waals surface area contributed by atoms with Crippen molar-refractivity contribution in [2.75, 3.05) is 6.61 Å². The van der Waals surface area contributed by atoms with Gasteiger partial charge < -0.3 is 4.74 Å². The van der Waals surface area contributed by atoms with E-state index in [9.17, 15) is 0 Å². The largest absolute Gasteiger partial charge is 0.494 e. The molecule has 0 aliphatic rings. The van der Waals surface area contributed by atoms with E-state index in [1.165, 1.54) is 60.8 Å². The predicted octanol–water partition coefficient (Wildman–Crippen LogP) is 7.84. The Kier molecular flexibility index (Phi) is 9.63. The van der Waals surface area contributed by atoms with Crippen molar-refractivity contribution in [3.05, 3.63) is 83.6 Å². The number of ether oxygens (including phenoxy) is 1. The minimum absolute atomic E-state index is 0.812. The number of rotatable bonds is 13. The minimum Gasteiger partial charge on any atom is -0.494 e. The summed E-state index contributed by atoms with van der Waals surface area (Å²) in [5.74, 6) is 0.974. The number of aromatic nitrogens is 1. The monoisotopic (exact) mass is 415 g/mol. The molecule has 3 aromatic rings. The van der Waals surface area contributed by atoms with Crippen molar-refractivity contribution in [3.63, 3.8) is 0 Å². The Balaban J connectivity index is 1.47. The summed E-state index contributed by atoms with van der Waals surface area (Å²) < 4.78 is 5.80. The van der Waals surface area contributed by atoms with E-state index in [0.717, 1.165) is 37.3 Å². The summed E-state index contributed by atoms with van der Waals surface area (Å²) in [6, 6.07) is 21.8. The zero-order valence-corrected chi connectivity index (χ0v) is 19.3. The van der Waals surface area contributed by atoms with Crippen LogP contribution >= 0.6 is 0 Å². The Bertz CT molecular complexity index is 866. The summed E-state index contributed by atoms with van der Waals surface area (Å²) in [5.41, 5.74) is 6.28. The summed E-state index contributed by atoms with van der Waals surface area (Å²) >= 11 is 0. The van der Waals surface area contributed by atoms with E-state index in [1.807, 2.05) is 6.20 Å². The number of unbranched alkanes of at least 4 members (excludes halogenated alkanes) is 4. The molecule has 0 N–H and O–H groups in total. The molecule has 0 fully saturated rings. The van der Waals surface area contributed by atoms with Crippen LogP contribution in [0.2, 0.25) is 0 Å². The highest BCUT2D eigenvalue weighted by molar-refractivity contribution is 5.59. The first kappa shape index (κ1) is 23.1. The third-order valence-corrected chi connectivity index (χ3v) is 5.79. The van der Waals surface area contributed by atoms with E-state index in [4.69, 9.17) is 9.72 Å². The Morgan fingerprint density at radius 2 is 1.23 bits per heavy atom. The van der Waals surface area contributed by atoms with E-state index in [0.29, 0.717) is 0 Å². The SMILES string of the molecule is CCCCCOc1ccc(CCc2ccc(-c3ccc(CCCCC)cc3)nc2)cc1. The average molecular weight is 416 g/mol. The highest BCUT2D eigenvalue weighted by Gasteiger charge is 2.02. The number of hydrogen-bond donors (Lipinski definition) is 0. The fourth-order valence-corrected chi connectivity index (χ4v) is 3.75. The van der Waals surface area contributed by atoms with E-state index < -0.39 is 0 Å². The van der Waals surface area contributed by atoms with Crippen LogP contribution in [-0.4, -0.2) is 11.6 Å². The molecule has 0 spiro atoms. The van der Waals surface area contributed by atoms with Crippen LogP contribution < -0.4 is 4.74 Å². The van der Waals surface area contributed by atoms with Gasteiger partial charge in [0.1, 0.15) is 5.75 Å². The van der Waals surface area contributed by atoms with Gasteiger partial charge in [-0.2, -0.15) is 0 Å². The minimum atomic E-state index is 0.812. The van der Waals surface area contributed by atoms with E-state index in [1.54, 1.807) is 0 Å². The van der Waals surface area contributed by atoms with Gasteiger partial charge in [-0.3, -0.25) is 4.98 Å². The van der Waals surface area contributed by atoms with Gasteiger partial charge in [-0.25, -0.2) is 0 Å². The molecule has 0 saturated carbocycles. The zero-order chi connectivity index (χ0) is 21.7. The standard InChI is InChI=1S/C29H37NO/c1-3-5-7-9-24-12-17-27(18-13-24)29-21-16-26(23-30-29)11-10-25-14-19-28(20-15-25)31-22-8-6-4-2/h12-21,23H,3-11,22H2,1-2H3. The first-order chi connectivity index (χ1) is 15.3. The Labute approximate surface area is 188 Å². The third kappa shape index (κ3) is 7.86. The maximum atomic E-state index is 5.80. The molecule has 1 heterocycles. The lowest BCUT2D eigenvalue weighted by Gasteiger charge is -2.08. The normalized spacial score (nSPS) is 10.9. The maximum Gasteiger partial charge on any atom is 0.119 e. The fraction of sp³-hybridized carbons (Fsp3) is 0.414. The molecule has 0 radical (unpaired) electrons. The lowest BCUT2D eigenvalue weighted by Crippen LogP contribution is -1.97. The third-order valence-electron chi connectivity index (χ3n) is 5.79. The molecule has 1 aromatic heterocycles. The molecule has 31 heavy (non-hydrogen) atoms. The van der Waals surface area contributed by atoms with Crippen molar-refractivity contribution in [2.24, 2.45) is 0 Å². The molecule has 0 unspecified atom stereocenters. The Morgan fingerprint density at radius 1 is 0.613 bits per heavy atom. The zero-order valence-electron chi connectivity index (χ0n) is 19.3. The summed E-state index contributed by atoms with van der Waals surface area (Å²) in [6.07, 6.45) is 12.7. The van der Waals surface area contributed by atoms with Crippen molar-refractivity contribution in [3.8, 4) is 17.0 Å². The van der Waals surface area contributed by atoms with Crippen molar-refractivity contribution < 1.29 is 4.74 Å². The fourth-order valence-electron chi connectivity index (χ4n) is 3.75. The number of benzene rings is 2. The van der Waals surface area contributed by atoms with Crippen molar-refractivity contribution in [2.45, 2.75) is 71.6 Å². The molecule has 2 aromatic carbocycles. The summed E-state index contributed by atoms with van der Waals surface area (Å²) in [7, 11) is 0. The number of nitrogens with zero attached hydrogens (tertiary/aromatic N) is 1. The number of aryl methyl sites for hydroxylation is 3. The molecule has 0 atom stereocenters. The molecule has 0 amide bonds. The molecule has 0 bridgehead atoms. The molecule has 164 valence electrons. The van der Waals surface area contributed by atoms with Crippen molar-refractivity contribution in [1.29, 1.82) is 0 Å². The summed E-state index contributed by atoms with van der Waals surface area (Å²) in [4.78, 5) is 4.71. The van der Waals surface area contributed by atoms with E-state index in [-0.39, 0.29) is 0 Å². The second kappa shape index (κ2) is 12.9. The second-order valence-electron chi connectivity index (χ2n) is 8.41. The first-order valence-electron chi connectivity index (χ1n) is 12.0. The van der Waals surface area contributed by atoms with Crippen LogP contribution in [0.5, 0.6) is 5.75 Å². The quantitative estimate of drug-likeness (QED) is 0.265. The molecule has 0 aliphatic heterocycles. The predicted molar refractivity (Wildman–Crippen MR) is 132 cm³/mol. The van der Waals surface area contributed by atoms with Crippen LogP contribution in [-0.2, 0) is 19.3 Å². The lowest BCUT2D eigenvalue weighted by atomic mass is 10.0. The lowest BCUT2D eigenvalue weighted by molar-refractivity contribution is 0.306. The van der Waals surface area contributed by atoms with Gasteiger partial charge in [-0.15, -0.1) is 0 Å². The van der Waals surface area contributed by atoms with Gasteiger partial charge >= 0.3 is 0 Å². The van der Waals surface area contributed by atoms with Gasteiger partial charge in [0, 0.05) is 11.8 Å². The molecule has 0 saturated heterocycles. The highest BCUT2D eigenvalue weighted by atomic mass is 16.5. The molecule has 2 nitrogen and oxygen atoms in total. The first-order valence-corrected chi connectivity index (χ1v) is 12.0. The summed E-state index contributed by atoms with van der Waals surface area (Å²) in [6.45, 7) is 5.27. The topological polar surface area (TPSA) is 22.1 Å². The van der Waals surface area contributed by atoms with Gasteiger partial charge in [0.2, 0.25) is 0 Å². The smallest absolute Gasteiger partial charge is 0.119 e. The molecule has 3 rings (SSSR count). The van der Waals surface area contributed by atoms with Gasteiger partial charge in [0.05, 0.1) is 12.3 Å². The van der Waals surface area contributed by atoms with Crippen LogP contribution in [0.15, 0.2) is 66.9 Å². The second-order valence-corrected chi connectivity index (χ2v) is 8.41. The average Bonchev–Trinajstić information content (AvgIpc) is 2.82. The molecular weight excluding hydrogens is 378 g/mol. The van der Waals surface area contributed by atoms with E-state index >= 15 is 0 Å². The van der Waals surface area contributed by atoms with Crippen LogP contribution in [0.4, 0.5) is 0 Å². The Morgan fingerprint density at radius 3 is 1.90 bits per heavy atom. The maximum absolute atomic E-state index is 5.80. The Hall–Kier alpha value is -2.61. The molecule has 0 aliphatic carbocycles. The van der Waals surface area contributed by atoms with E-state index in [2.05, 4.69) is 74.5 Å².